The van der Waals surface area contributed by atoms with E-state index in [1.807, 2.05) is 24.3 Å². The number of nitrogens with two attached hydrogens (primary N) is 1. The number of nitrogens with zero attached hydrogens (tertiary/aromatic N) is 1. The molecule has 0 radical (unpaired) electrons. The number of hydrogen-bond acceptors (Lipinski definition) is 3. The topological polar surface area (TPSA) is 59.1 Å². The van der Waals surface area contributed by atoms with E-state index in [0.29, 0.717) is 30.6 Å². The van der Waals surface area contributed by atoms with Gasteiger partial charge >= 0.3 is 0 Å². The molecule has 3 rings (SSSR count). The molecule has 0 spiro atoms. The fraction of sp³-hybridized carbons (Fsp3) is 0. The lowest BCUT2D eigenvalue weighted by Gasteiger charge is -2.11. The molecule has 2 aromatic carbocycles. The molecule has 3 nitrogen and oxygen atoms in total. The third kappa shape index (κ3) is 2.50. The minimum absolute atomic E-state index is 0.0978. The summed E-state index contributed by atoms with van der Waals surface area (Å²) in [5, 5.41) is 11.2. The highest BCUT2D eigenvalue weighted by Crippen LogP contribution is 2.43. The van der Waals surface area contributed by atoms with Crippen LogP contribution in [0.1, 0.15) is 0 Å². The summed E-state index contributed by atoms with van der Waals surface area (Å²) in [6, 6.07) is 9.12. The fourth-order valence-corrected chi connectivity index (χ4v) is 3.86. The SMILES string of the molecule is Nc1ccc(-c2cnc3cc(Br)c(O)c(Br)c3c2Cl)cc1. The summed E-state index contributed by atoms with van der Waals surface area (Å²) in [7, 11) is 0. The molecule has 0 atom stereocenters. The summed E-state index contributed by atoms with van der Waals surface area (Å²) in [6.45, 7) is 0. The van der Waals surface area contributed by atoms with Crippen LogP contribution in [-0.4, -0.2) is 10.1 Å². The molecule has 0 bridgehead atoms. The van der Waals surface area contributed by atoms with Crippen molar-refractivity contribution in [1.29, 1.82) is 0 Å². The van der Waals surface area contributed by atoms with E-state index in [9.17, 15) is 5.11 Å². The summed E-state index contributed by atoms with van der Waals surface area (Å²) < 4.78 is 1.08. The molecule has 0 fully saturated rings. The van der Waals surface area contributed by atoms with E-state index in [-0.39, 0.29) is 5.75 Å². The summed E-state index contributed by atoms with van der Waals surface area (Å²) in [6.07, 6.45) is 1.71. The van der Waals surface area contributed by atoms with Gasteiger partial charge in [-0.2, -0.15) is 0 Å². The Kier molecular flexibility index (Phi) is 3.82. The van der Waals surface area contributed by atoms with E-state index in [4.69, 9.17) is 17.3 Å². The number of halogens is 3. The lowest BCUT2D eigenvalue weighted by atomic mass is 10.0. The summed E-state index contributed by atoms with van der Waals surface area (Å²) in [5.41, 5.74) is 8.78. The second-order valence-electron chi connectivity index (χ2n) is 4.52. The number of benzene rings is 2. The number of aromatic nitrogens is 1. The van der Waals surface area contributed by atoms with E-state index < -0.39 is 0 Å². The maximum atomic E-state index is 10.0. The Morgan fingerprint density at radius 3 is 2.48 bits per heavy atom. The lowest BCUT2D eigenvalue weighted by Crippen LogP contribution is -1.89. The highest BCUT2D eigenvalue weighted by atomic mass is 79.9. The van der Waals surface area contributed by atoms with Crippen molar-refractivity contribution in [3.8, 4) is 16.9 Å². The smallest absolute Gasteiger partial charge is 0.144 e. The van der Waals surface area contributed by atoms with Crippen molar-refractivity contribution in [3.05, 3.63) is 50.5 Å². The van der Waals surface area contributed by atoms with E-state index in [1.54, 1.807) is 12.3 Å². The fourth-order valence-electron chi connectivity index (χ4n) is 2.10. The number of phenolic OH excluding ortho intramolecular Hbond substituents is 1. The Morgan fingerprint density at radius 1 is 1.14 bits per heavy atom. The van der Waals surface area contributed by atoms with Gasteiger partial charge in [0.1, 0.15) is 5.75 Å². The quantitative estimate of drug-likeness (QED) is 0.513. The molecule has 1 heterocycles. The lowest BCUT2D eigenvalue weighted by molar-refractivity contribution is 0.469. The number of nitrogen functional groups attached to an aromatic ring is 1. The maximum absolute atomic E-state index is 10.0. The molecule has 0 saturated heterocycles. The molecule has 106 valence electrons. The van der Waals surface area contributed by atoms with Crippen LogP contribution in [0.15, 0.2) is 45.5 Å². The van der Waals surface area contributed by atoms with Crippen molar-refractivity contribution in [2.75, 3.05) is 5.73 Å². The largest absolute Gasteiger partial charge is 0.506 e. The van der Waals surface area contributed by atoms with Gasteiger partial charge in [0.05, 0.1) is 19.5 Å². The van der Waals surface area contributed by atoms with E-state index in [2.05, 4.69) is 36.8 Å². The first-order chi connectivity index (χ1) is 9.99. The number of anilines is 1. The molecule has 0 unspecified atom stereocenters. The average Bonchev–Trinajstić information content (AvgIpc) is 2.46. The third-order valence-electron chi connectivity index (χ3n) is 3.18. The van der Waals surface area contributed by atoms with Gasteiger partial charge < -0.3 is 10.8 Å². The Labute approximate surface area is 143 Å². The first-order valence-corrected chi connectivity index (χ1v) is 7.96. The highest BCUT2D eigenvalue weighted by Gasteiger charge is 2.16. The summed E-state index contributed by atoms with van der Waals surface area (Å²) >= 11 is 13.2. The zero-order valence-corrected chi connectivity index (χ0v) is 14.5. The molecule has 3 N–H and O–H groups in total. The minimum Gasteiger partial charge on any atom is -0.506 e. The van der Waals surface area contributed by atoms with Gasteiger partial charge in [0.15, 0.2) is 0 Å². The van der Waals surface area contributed by atoms with Crippen LogP contribution in [0.25, 0.3) is 22.0 Å². The Morgan fingerprint density at radius 2 is 1.81 bits per heavy atom. The van der Waals surface area contributed by atoms with Gasteiger partial charge in [0, 0.05) is 22.8 Å². The molecule has 0 amide bonds. The van der Waals surface area contributed by atoms with Crippen LogP contribution in [0.2, 0.25) is 5.02 Å². The number of phenols is 1. The van der Waals surface area contributed by atoms with E-state index in [0.717, 1.165) is 11.1 Å². The van der Waals surface area contributed by atoms with Crippen LogP contribution in [-0.2, 0) is 0 Å². The molecule has 0 aliphatic carbocycles. The van der Waals surface area contributed by atoms with Crippen LogP contribution in [0.5, 0.6) is 5.75 Å². The maximum Gasteiger partial charge on any atom is 0.144 e. The summed E-state index contributed by atoms with van der Waals surface area (Å²) in [5.74, 6) is 0.0978. The van der Waals surface area contributed by atoms with Crippen molar-refractivity contribution >= 4 is 60.1 Å². The van der Waals surface area contributed by atoms with Crippen LogP contribution >= 0.6 is 43.5 Å². The van der Waals surface area contributed by atoms with Gasteiger partial charge in [0.25, 0.3) is 0 Å². The average molecular weight is 429 g/mol. The van der Waals surface area contributed by atoms with Gasteiger partial charge in [-0.3, -0.25) is 4.98 Å². The van der Waals surface area contributed by atoms with Crippen LogP contribution < -0.4 is 5.73 Å². The molecule has 21 heavy (non-hydrogen) atoms. The van der Waals surface area contributed by atoms with Crippen molar-refractivity contribution < 1.29 is 5.11 Å². The number of rotatable bonds is 1. The Bertz CT molecular complexity index is 851. The highest BCUT2D eigenvalue weighted by molar-refractivity contribution is 9.11. The normalized spacial score (nSPS) is 11.0. The minimum atomic E-state index is 0.0978. The first kappa shape index (κ1) is 14.6. The molecule has 0 saturated carbocycles. The van der Waals surface area contributed by atoms with Gasteiger partial charge in [-0.15, -0.1) is 0 Å². The molecule has 3 aromatic rings. The predicted molar refractivity (Wildman–Crippen MR) is 93.7 cm³/mol. The van der Waals surface area contributed by atoms with Crippen molar-refractivity contribution in [3.63, 3.8) is 0 Å². The zero-order valence-electron chi connectivity index (χ0n) is 10.6. The monoisotopic (exact) mass is 426 g/mol. The van der Waals surface area contributed by atoms with Crippen molar-refractivity contribution in [2.24, 2.45) is 0 Å². The number of fused-ring (bicyclic) bond motifs is 1. The first-order valence-electron chi connectivity index (χ1n) is 6.00. The molecule has 0 aliphatic heterocycles. The number of aromatic hydroxyl groups is 1. The van der Waals surface area contributed by atoms with Crippen molar-refractivity contribution in [2.45, 2.75) is 0 Å². The number of hydrogen-bond donors (Lipinski definition) is 2. The third-order valence-corrected chi connectivity index (χ3v) is 4.95. The zero-order chi connectivity index (χ0) is 15.1. The van der Waals surface area contributed by atoms with E-state index in [1.165, 1.54) is 0 Å². The van der Waals surface area contributed by atoms with Gasteiger partial charge in [-0.1, -0.05) is 23.7 Å². The van der Waals surface area contributed by atoms with Crippen LogP contribution in [0.4, 0.5) is 5.69 Å². The molecule has 6 heteroatoms. The van der Waals surface area contributed by atoms with Crippen LogP contribution in [0, 0.1) is 0 Å². The molecule has 1 aromatic heterocycles. The van der Waals surface area contributed by atoms with Gasteiger partial charge in [0.2, 0.25) is 0 Å². The van der Waals surface area contributed by atoms with E-state index >= 15 is 0 Å². The second kappa shape index (κ2) is 5.48. The van der Waals surface area contributed by atoms with Crippen LogP contribution in [0.3, 0.4) is 0 Å². The second-order valence-corrected chi connectivity index (χ2v) is 6.55. The summed E-state index contributed by atoms with van der Waals surface area (Å²) in [4.78, 5) is 4.42. The van der Waals surface area contributed by atoms with Gasteiger partial charge in [-0.05, 0) is 55.6 Å². The van der Waals surface area contributed by atoms with Crippen molar-refractivity contribution in [1.82, 2.24) is 4.98 Å². The Hall–Kier alpha value is -1.30. The Balaban J connectivity index is 2.32. The van der Waals surface area contributed by atoms with Gasteiger partial charge in [-0.25, -0.2) is 0 Å². The predicted octanol–water partition coefficient (Wildman–Crippen LogP) is 5.37. The molecular weight excluding hydrogens is 419 g/mol. The standard InChI is InChI=1S/C15H9Br2ClN2O/c16-10-5-11-12(13(17)15(10)21)14(18)9(6-20-11)7-1-3-8(19)4-2-7/h1-6,21H,19H2. The molecular formula is C15H9Br2ClN2O. The molecule has 0 aliphatic rings. The number of pyridine rings is 1.